The van der Waals surface area contributed by atoms with Crippen LogP contribution < -0.4 is 10.1 Å². The van der Waals surface area contributed by atoms with Gasteiger partial charge in [-0.1, -0.05) is 23.4 Å². The van der Waals surface area contributed by atoms with Crippen LogP contribution in [0.2, 0.25) is 0 Å². The predicted molar refractivity (Wildman–Crippen MR) is 112 cm³/mol. The number of nitrogens with one attached hydrogen (secondary N) is 1. The van der Waals surface area contributed by atoms with Gasteiger partial charge in [-0.05, 0) is 51.0 Å². The van der Waals surface area contributed by atoms with Gasteiger partial charge in [0.2, 0.25) is 11.7 Å². The van der Waals surface area contributed by atoms with Gasteiger partial charge in [0, 0.05) is 25.2 Å². The highest BCUT2D eigenvalue weighted by molar-refractivity contribution is 5.91. The molecule has 3 heterocycles. The number of carbonyl (C=O) groups excluding carboxylic acids is 1. The Labute approximate surface area is 175 Å². The van der Waals surface area contributed by atoms with Crippen LogP contribution in [0.5, 0.6) is 5.75 Å². The number of pyridine rings is 1. The average molecular weight is 407 g/mol. The lowest BCUT2D eigenvalue weighted by atomic mass is 9.97. The number of nitrogens with zero attached hydrogens (tertiary/aromatic N) is 4. The normalized spacial score (nSPS) is 14.7. The Balaban J connectivity index is 1.35. The molecular weight excluding hydrogens is 382 g/mol. The molecule has 0 unspecified atom stereocenters. The van der Waals surface area contributed by atoms with Gasteiger partial charge in [-0.3, -0.25) is 4.98 Å². The molecule has 0 atom stereocenters. The van der Waals surface area contributed by atoms with Crippen LogP contribution in [-0.2, 0) is 0 Å². The van der Waals surface area contributed by atoms with E-state index in [0.29, 0.717) is 41.9 Å². The van der Waals surface area contributed by atoms with E-state index in [0.717, 1.165) is 12.8 Å². The van der Waals surface area contributed by atoms with Crippen molar-refractivity contribution in [1.29, 1.82) is 0 Å². The number of carbonyl (C=O) groups is 1. The fourth-order valence-electron chi connectivity index (χ4n) is 3.45. The molecule has 1 fully saturated rings. The fraction of sp³-hybridized carbons (Fsp3) is 0.364. The molecule has 1 aliphatic rings. The maximum absolute atomic E-state index is 12.7. The third kappa shape index (κ3) is 4.59. The van der Waals surface area contributed by atoms with Gasteiger partial charge < -0.3 is 19.5 Å². The Morgan fingerprint density at radius 2 is 1.93 bits per heavy atom. The van der Waals surface area contributed by atoms with Gasteiger partial charge in [0.05, 0.1) is 11.8 Å². The summed E-state index contributed by atoms with van der Waals surface area (Å²) in [6.07, 6.45) is 3.26. The second kappa shape index (κ2) is 8.94. The lowest BCUT2D eigenvalue weighted by Gasteiger charge is -2.30. The number of aromatic nitrogens is 3. The summed E-state index contributed by atoms with van der Waals surface area (Å²) in [4.78, 5) is 23.3. The smallest absolute Gasteiger partial charge is 0.321 e. The van der Waals surface area contributed by atoms with Gasteiger partial charge in [-0.2, -0.15) is 4.98 Å². The third-order valence-corrected chi connectivity index (χ3v) is 4.96. The van der Waals surface area contributed by atoms with E-state index in [-0.39, 0.29) is 18.1 Å². The van der Waals surface area contributed by atoms with Crippen LogP contribution in [0.25, 0.3) is 11.5 Å². The summed E-state index contributed by atoms with van der Waals surface area (Å²) >= 11 is 0. The molecule has 1 aromatic carbocycles. The molecule has 4 rings (SSSR count). The van der Waals surface area contributed by atoms with Gasteiger partial charge >= 0.3 is 6.03 Å². The van der Waals surface area contributed by atoms with Crippen molar-refractivity contribution in [1.82, 2.24) is 20.0 Å². The minimum Gasteiger partial charge on any atom is -0.489 e. The van der Waals surface area contributed by atoms with Crippen molar-refractivity contribution in [2.75, 3.05) is 18.4 Å². The number of amides is 2. The number of urea groups is 1. The molecule has 8 heteroatoms. The second-order valence-corrected chi connectivity index (χ2v) is 7.53. The van der Waals surface area contributed by atoms with E-state index in [9.17, 15) is 4.79 Å². The van der Waals surface area contributed by atoms with Gasteiger partial charge in [0.25, 0.3) is 0 Å². The molecule has 156 valence electrons. The summed E-state index contributed by atoms with van der Waals surface area (Å²) < 4.78 is 11.2. The molecule has 0 aliphatic carbocycles. The quantitative estimate of drug-likeness (QED) is 0.677. The Morgan fingerprint density at radius 3 is 2.67 bits per heavy atom. The molecule has 30 heavy (non-hydrogen) atoms. The van der Waals surface area contributed by atoms with Gasteiger partial charge in [0.15, 0.2) is 0 Å². The molecule has 0 saturated carbocycles. The molecule has 0 radical (unpaired) electrons. The van der Waals surface area contributed by atoms with Crippen molar-refractivity contribution in [3.05, 3.63) is 54.6 Å². The van der Waals surface area contributed by atoms with E-state index >= 15 is 0 Å². The molecular formula is C22H25N5O3. The first-order valence-corrected chi connectivity index (χ1v) is 10.2. The zero-order valence-corrected chi connectivity index (χ0v) is 17.1. The zero-order valence-electron chi connectivity index (χ0n) is 17.1. The number of rotatable bonds is 5. The highest BCUT2D eigenvalue weighted by Gasteiger charge is 2.28. The Bertz CT molecular complexity index is 981. The van der Waals surface area contributed by atoms with E-state index in [1.807, 2.05) is 56.3 Å². The number of anilines is 1. The molecule has 3 aromatic rings. The summed E-state index contributed by atoms with van der Waals surface area (Å²) in [6.45, 7) is 5.15. The minimum absolute atomic E-state index is 0.0316. The maximum Gasteiger partial charge on any atom is 0.321 e. The fourth-order valence-corrected chi connectivity index (χ4v) is 3.45. The molecule has 1 N–H and O–H groups in total. The topological polar surface area (TPSA) is 93.4 Å². The number of ether oxygens (including phenoxy) is 1. The largest absolute Gasteiger partial charge is 0.489 e. The second-order valence-electron chi connectivity index (χ2n) is 7.53. The van der Waals surface area contributed by atoms with E-state index in [2.05, 4.69) is 20.4 Å². The zero-order chi connectivity index (χ0) is 20.9. The van der Waals surface area contributed by atoms with Crippen LogP contribution in [0, 0.1) is 0 Å². The Hall–Kier alpha value is -3.42. The lowest BCUT2D eigenvalue weighted by molar-refractivity contribution is 0.187. The van der Waals surface area contributed by atoms with E-state index in [1.54, 1.807) is 11.1 Å². The van der Waals surface area contributed by atoms with Crippen LogP contribution in [0.1, 0.15) is 38.5 Å². The highest BCUT2D eigenvalue weighted by atomic mass is 16.5. The summed E-state index contributed by atoms with van der Waals surface area (Å²) in [5, 5.41) is 7.02. The summed E-state index contributed by atoms with van der Waals surface area (Å²) in [5.41, 5.74) is 1.36. The van der Waals surface area contributed by atoms with E-state index in [4.69, 9.17) is 9.26 Å². The monoisotopic (exact) mass is 407 g/mol. The minimum atomic E-state index is -0.132. The first-order valence-electron chi connectivity index (χ1n) is 10.2. The van der Waals surface area contributed by atoms with E-state index in [1.165, 1.54) is 0 Å². The summed E-state index contributed by atoms with van der Waals surface area (Å²) in [5.74, 6) is 1.90. The van der Waals surface area contributed by atoms with Gasteiger partial charge in [-0.25, -0.2) is 4.79 Å². The molecule has 1 aliphatic heterocycles. The average Bonchev–Trinajstić information content (AvgIpc) is 3.26. The predicted octanol–water partition coefficient (Wildman–Crippen LogP) is 4.33. The van der Waals surface area contributed by atoms with Crippen LogP contribution in [0.4, 0.5) is 10.5 Å². The van der Waals surface area contributed by atoms with Crippen molar-refractivity contribution in [3.63, 3.8) is 0 Å². The first kappa shape index (κ1) is 19.9. The number of likely N-dealkylation sites (tertiary alicyclic amines) is 1. The Morgan fingerprint density at radius 1 is 1.17 bits per heavy atom. The molecule has 1 saturated heterocycles. The van der Waals surface area contributed by atoms with Gasteiger partial charge in [-0.15, -0.1) is 0 Å². The number of piperidine rings is 1. The summed E-state index contributed by atoms with van der Waals surface area (Å²) in [7, 11) is 0. The first-order chi connectivity index (χ1) is 14.6. The third-order valence-electron chi connectivity index (χ3n) is 4.96. The van der Waals surface area contributed by atoms with Crippen LogP contribution >= 0.6 is 0 Å². The Kier molecular flexibility index (Phi) is 5.92. The highest BCUT2D eigenvalue weighted by Crippen LogP contribution is 2.29. The number of para-hydroxylation sites is 2. The van der Waals surface area contributed by atoms with Crippen LogP contribution in [0.3, 0.4) is 0 Å². The van der Waals surface area contributed by atoms with Crippen molar-refractivity contribution in [2.24, 2.45) is 0 Å². The SMILES string of the molecule is CC(C)Oc1ccccc1NC(=O)N1CCC(c2nc(-c3ccccn3)no2)CC1. The van der Waals surface area contributed by atoms with Crippen molar-refractivity contribution in [2.45, 2.75) is 38.7 Å². The number of hydrogen-bond acceptors (Lipinski definition) is 6. The number of hydrogen-bond donors (Lipinski definition) is 1. The van der Waals surface area contributed by atoms with Crippen molar-refractivity contribution >= 4 is 11.7 Å². The van der Waals surface area contributed by atoms with Crippen molar-refractivity contribution < 1.29 is 14.1 Å². The van der Waals surface area contributed by atoms with Crippen LogP contribution in [-0.4, -0.2) is 45.2 Å². The lowest BCUT2D eigenvalue weighted by Crippen LogP contribution is -2.40. The molecule has 8 nitrogen and oxygen atoms in total. The standard InChI is InChI=1S/C22H25N5O3/c1-15(2)29-19-9-4-3-7-17(19)24-22(28)27-13-10-16(11-14-27)21-25-20(26-30-21)18-8-5-6-12-23-18/h3-9,12,15-16H,10-11,13-14H2,1-2H3,(H,24,28). The molecule has 2 aromatic heterocycles. The number of benzene rings is 1. The summed E-state index contributed by atoms with van der Waals surface area (Å²) in [6, 6.07) is 12.9. The van der Waals surface area contributed by atoms with Gasteiger partial charge in [0.1, 0.15) is 11.4 Å². The maximum atomic E-state index is 12.7. The molecule has 0 spiro atoms. The van der Waals surface area contributed by atoms with Crippen LogP contribution in [0.15, 0.2) is 53.2 Å². The molecule has 0 bridgehead atoms. The van der Waals surface area contributed by atoms with E-state index < -0.39 is 0 Å². The van der Waals surface area contributed by atoms with Crippen molar-refractivity contribution in [3.8, 4) is 17.3 Å². The molecule has 2 amide bonds.